The molecule has 2 aromatic rings. The summed E-state index contributed by atoms with van der Waals surface area (Å²) in [6.07, 6.45) is 0. The number of hydrogen-bond acceptors (Lipinski definition) is 4. The molecule has 2 amide bonds. The van der Waals surface area contributed by atoms with Gasteiger partial charge in [-0.2, -0.15) is 0 Å². The average molecular weight is 360 g/mol. The van der Waals surface area contributed by atoms with E-state index in [9.17, 15) is 14.0 Å². The molecular formula is C19H21FN2O4. The Kier molecular flexibility index (Phi) is 6.96. The molecule has 0 aromatic heterocycles. The van der Waals surface area contributed by atoms with Gasteiger partial charge < -0.3 is 19.7 Å². The first-order chi connectivity index (χ1) is 12.5. The third-order valence-electron chi connectivity index (χ3n) is 3.58. The maximum atomic E-state index is 13.8. The number of ether oxygens (including phenoxy) is 2. The van der Waals surface area contributed by atoms with Crippen molar-refractivity contribution in [2.75, 3.05) is 31.7 Å². The molecule has 0 saturated heterocycles. The van der Waals surface area contributed by atoms with E-state index in [0.29, 0.717) is 5.75 Å². The second-order valence-corrected chi connectivity index (χ2v) is 5.43. The lowest BCUT2D eigenvalue weighted by molar-refractivity contribution is -0.123. The van der Waals surface area contributed by atoms with Crippen LogP contribution in [0.15, 0.2) is 48.5 Å². The van der Waals surface area contributed by atoms with Crippen LogP contribution in [0.25, 0.3) is 0 Å². The molecule has 0 atom stereocenters. The van der Waals surface area contributed by atoms with Crippen molar-refractivity contribution in [3.05, 3.63) is 54.3 Å². The molecule has 0 spiro atoms. The van der Waals surface area contributed by atoms with Crippen LogP contribution in [0.2, 0.25) is 0 Å². The number of nitrogens with zero attached hydrogens (tertiary/aromatic N) is 1. The minimum atomic E-state index is -0.557. The Morgan fingerprint density at radius 1 is 1.08 bits per heavy atom. The largest absolute Gasteiger partial charge is 0.497 e. The number of halogens is 1. The summed E-state index contributed by atoms with van der Waals surface area (Å²) in [5.74, 6) is -0.000236. The molecule has 0 aliphatic carbocycles. The van der Waals surface area contributed by atoms with Gasteiger partial charge in [-0.3, -0.25) is 9.59 Å². The summed E-state index contributed by atoms with van der Waals surface area (Å²) in [5, 5.41) is 2.65. The second kappa shape index (κ2) is 9.41. The minimum absolute atomic E-state index is 0.0737. The van der Waals surface area contributed by atoms with E-state index in [1.165, 1.54) is 25.1 Å². The normalized spacial score (nSPS) is 10.1. The number of hydrogen-bond donors (Lipinski definition) is 1. The van der Waals surface area contributed by atoms with E-state index >= 15 is 0 Å². The molecule has 0 bridgehead atoms. The molecule has 0 unspecified atom stereocenters. The maximum absolute atomic E-state index is 13.8. The number of carbonyl (C=O) groups excluding carboxylic acids is 2. The lowest BCUT2D eigenvalue weighted by atomic mass is 10.2. The van der Waals surface area contributed by atoms with Gasteiger partial charge in [-0.15, -0.1) is 0 Å². The molecule has 0 radical (unpaired) electrons. The van der Waals surface area contributed by atoms with Gasteiger partial charge in [0.15, 0.2) is 0 Å². The molecule has 1 N–H and O–H groups in total. The Balaban J connectivity index is 1.81. The summed E-state index contributed by atoms with van der Waals surface area (Å²) < 4.78 is 24.4. The van der Waals surface area contributed by atoms with Crippen molar-refractivity contribution < 1.29 is 23.5 Å². The number of nitrogens with one attached hydrogen (secondary N) is 1. The number of benzene rings is 2. The highest BCUT2D eigenvalue weighted by Crippen LogP contribution is 2.18. The van der Waals surface area contributed by atoms with Gasteiger partial charge in [0.25, 0.3) is 0 Å². The molecule has 2 aromatic carbocycles. The summed E-state index contributed by atoms with van der Waals surface area (Å²) >= 11 is 0. The summed E-state index contributed by atoms with van der Waals surface area (Å²) in [7, 11) is 1.58. The molecule has 26 heavy (non-hydrogen) atoms. The van der Waals surface area contributed by atoms with E-state index in [2.05, 4.69) is 5.32 Å². The van der Waals surface area contributed by atoms with Gasteiger partial charge in [0, 0.05) is 6.92 Å². The summed E-state index contributed by atoms with van der Waals surface area (Å²) in [6, 6.07) is 12.9. The Morgan fingerprint density at radius 2 is 1.73 bits per heavy atom. The first kappa shape index (κ1) is 19.2. The van der Waals surface area contributed by atoms with Gasteiger partial charge in [0.1, 0.15) is 30.5 Å². The van der Waals surface area contributed by atoms with Crippen LogP contribution in [0.4, 0.5) is 10.1 Å². The number of para-hydroxylation sites is 1. The zero-order valence-electron chi connectivity index (χ0n) is 14.7. The first-order valence-corrected chi connectivity index (χ1v) is 8.07. The quantitative estimate of drug-likeness (QED) is 0.734. The molecule has 0 heterocycles. The van der Waals surface area contributed by atoms with Crippen LogP contribution in [-0.2, 0) is 9.59 Å². The first-order valence-electron chi connectivity index (χ1n) is 8.07. The zero-order valence-corrected chi connectivity index (χ0v) is 14.7. The van der Waals surface area contributed by atoms with Gasteiger partial charge in [0.2, 0.25) is 11.8 Å². The van der Waals surface area contributed by atoms with Gasteiger partial charge in [-0.1, -0.05) is 12.1 Å². The summed E-state index contributed by atoms with van der Waals surface area (Å²) in [6.45, 7) is 1.54. The van der Waals surface area contributed by atoms with Gasteiger partial charge in [-0.25, -0.2) is 4.39 Å². The molecule has 0 fully saturated rings. The average Bonchev–Trinajstić information content (AvgIpc) is 2.64. The topological polar surface area (TPSA) is 67.9 Å². The van der Waals surface area contributed by atoms with Crippen molar-refractivity contribution in [1.82, 2.24) is 5.32 Å². The lowest BCUT2D eigenvalue weighted by Gasteiger charge is -2.21. The van der Waals surface area contributed by atoms with Crippen molar-refractivity contribution in [3.63, 3.8) is 0 Å². The highest BCUT2D eigenvalue weighted by molar-refractivity contribution is 5.97. The van der Waals surface area contributed by atoms with Gasteiger partial charge in [-0.05, 0) is 36.4 Å². The fourth-order valence-corrected chi connectivity index (χ4v) is 2.27. The van der Waals surface area contributed by atoms with Crippen LogP contribution < -0.4 is 19.7 Å². The highest BCUT2D eigenvalue weighted by atomic mass is 19.1. The van der Waals surface area contributed by atoms with E-state index in [4.69, 9.17) is 9.47 Å². The molecule has 6 nitrogen and oxygen atoms in total. The molecule has 7 heteroatoms. The minimum Gasteiger partial charge on any atom is -0.497 e. The highest BCUT2D eigenvalue weighted by Gasteiger charge is 2.18. The van der Waals surface area contributed by atoms with Crippen molar-refractivity contribution in [2.24, 2.45) is 0 Å². The van der Waals surface area contributed by atoms with Crippen LogP contribution in [-0.4, -0.2) is 38.6 Å². The molecule has 138 valence electrons. The van der Waals surface area contributed by atoms with Crippen LogP contribution in [0.3, 0.4) is 0 Å². The third-order valence-corrected chi connectivity index (χ3v) is 3.58. The lowest BCUT2D eigenvalue weighted by Crippen LogP contribution is -2.41. The molecule has 0 aliphatic heterocycles. The van der Waals surface area contributed by atoms with Crippen molar-refractivity contribution in [2.45, 2.75) is 6.92 Å². The Hall–Kier alpha value is -3.09. The zero-order chi connectivity index (χ0) is 18.9. The number of rotatable bonds is 8. The Bertz CT molecular complexity index is 749. The number of carbonyl (C=O) groups is 2. The second-order valence-electron chi connectivity index (χ2n) is 5.43. The van der Waals surface area contributed by atoms with E-state index in [0.717, 1.165) is 10.6 Å². The molecule has 2 rings (SSSR count). The van der Waals surface area contributed by atoms with Crippen molar-refractivity contribution in [3.8, 4) is 11.5 Å². The summed E-state index contributed by atoms with van der Waals surface area (Å²) in [5.41, 5.74) is 0.0737. The number of methoxy groups -OCH3 is 1. The van der Waals surface area contributed by atoms with Crippen LogP contribution >= 0.6 is 0 Å². The predicted molar refractivity (Wildman–Crippen MR) is 95.9 cm³/mol. The van der Waals surface area contributed by atoms with Gasteiger partial charge >= 0.3 is 0 Å². The van der Waals surface area contributed by atoms with Crippen LogP contribution in [0.1, 0.15) is 6.92 Å². The van der Waals surface area contributed by atoms with E-state index in [-0.39, 0.29) is 25.4 Å². The monoisotopic (exact) mass is 360 g/mol. The van der Waals surface area contributed by atoms with E-state index < -0.39 is 17.6 Å². The molecular weight excluding hydrogens is 339 g/mol. The Labute approximate surface area is 151 Å². The smallest absolute Gasteiger partial charge is 0.240 e. The maximum Gasteiger partial charge on any atom is 0.240 e. The van der Waals surface area contributed by atoms with Gasteiger partial charge in [0.05, 0.1) is 19.3 Å². The predicted octanol–water partition coefficient (Wildman–Crippen LogP) is 2.38. The van der Waals surface area contributed by atoms with Crippen molar-refractivity contribution in [1.29, 1.82) is 0 Å². The fourth-order valence-electron chi connectivity index (χ4n) is 2.27. The van der Waals surface area contributed by atoms with E-state index in [1.54, 1.807) is 37.4 Å². The molecule has 0 saturated carbocycles. The fraction of sp³-hybridized carbons (Fsp3) is 0.263. The molecule has 0 aliphatic rings. The van der Waals surface area contributed by atoms with Crippen LogP contribution in [0.5, 0.6) is 11.5 Å². The van der Waals surface area contributed by atoms with Crippen molar-refractivity contribution >= 4 is 17.5 Å². The Morgan fingerprint density at radius 3 is 2.35 bits per heavy atom. The summed E-state index contributed by atoms with van der Waals surface area (Å²) in [4.78, 5) is 24.9. The SMILES string of the molecule is COc1ccc(OCCNC(=O)CN(C(C)=O)c2ccccc2F)cc1. The van der Waals surface area contributed by atoms with Crippen LogP contribution in [0, 0.1) is 5.82 Å². The third kappa shape index (κ3) is 5.47. The standard InChI is InChI=1S/C19H21FN2O4/c1-14(23)22(18-6-4-3-5-17(18)20)13-19(24)21-11-12-26-16-9-7-15(25-2)8-10-16/h3-10H,11-13H2,1-2H3,(H,21,24). The number of anilines is 1. The number of amides is 2. The van der Waals surface area contributed by atoms with E-state index in [1.807, 2.05) is 0 Å².